The molecule has 0 bridgehead atoms. The Morgan fingerprint density at radius 1 is 1.44 bits per heavy atom. The molecule has 0 aliphatic carbocycles. The molecule has 1 unspecified atom stereocenters. The zero-order valence-corrected chi connectivity index (χ0v) is 10.5. The van der Waals surface area contributed by atoms with E-state index in [2.05, 4.69) is 10.5 Å². The predicted octanol–water partition coefficient (Wildman–Crippen LogP) is 0.724. The van der Waals surface area contributed by atoms with E-state index in [1.54, 1.807) is 24.3 Å². The Morgan fingerprint density at radius 3 is 2.78 bits per heavy atom. The van der Waals surface area contributed by atoms with Crippen LogP contribution in [0.1, 0.15) is 10.4 Å². The quantitative estimate of drug-likeness (QED) is 0.556. The maximum Gasteiger partial charge on any atom is 0.252 e. The van der Waals surface area contributed by atoms with Crippen molar-refractivity contribution in [3.8, 4) is 0 Å². The van der Waals surface area contributed by atoms with Crippen LogP contribution in [-0.4, -0.2) is 45.6 Å². The van der Waals surface area contributed by atoms with Crippen LogP contribution in [0.2, 0.25) is 0 Å². The fourth-order valence-electron chi connectivity index (χ4n) is 1.83. The molecule has 18 heavy (non-hydrogen) atoms. The molecule has 1 aliphatic rings. The Hall–Kier alpha value is -1.53. The molecule has 3 N–H and O–H groups in total. The van der Waals surface area contributed by atoms with E-state index in [0.717, 1.165) is 0 Å². The molecule has 2 rings (SSSR count). The zero-order valence-electron chi connectivity index (χ0n) is 9.67. The lowest BCUT2D eigenvalue weighted by atomic mass is 9.97. The molecule has 1 heterocycles. The van der Waals surface area contributed by atoms with Crippen molar-refractivity contribution < 1.29 is 15.1 Å². The second kappa shape index (κ2) is 5.41. The Morgan fingerprint density at radius 2 is 2.17 bits per heavy atom. The van der Waals surface area contributed by atoms with Crippen molar-refractivity contribution >= 4 is 23.4 Å². The molecule has 1 aromatic rings. The summed E-state index contributed by atoms with van der Waals surface area (Å²) in [6.45, 7) is -0.280. The smallest absolute Gasteiger partial charge is 0.252 e. The number of thioether (sulfide) groups is 1. The molecule has 6 heteroatoms. The first-order valence-corrected chi connectivity index (χ1v) is 6.65. The fourth-order valence-corrected chi connectivity index (χ4v) is 3.14. The maximum absolute atomic E-state index is 12.1. The first-order valence-electron chi connectivity index (χ1n) is 5.49. The summed E-state index contributed by atoms with van der Waals surface area (Å²) in [5, 5.41) is 24.4. The number of carbonyl (C=O) groups excluding carboxylic acids is 1. The minimum absolute atomic E-state index is 0.280. The van der Waals surface area contributed by atoms with Crippen LogP contribution in [0.5, 0.6) is 0 Å². The van der Waals surface area contributed by atoms with Crippen molar-refractivity contribution in [1.29, 1.82) is 0 Å². The lowest BCUT2D eigenvalue weighted by Crippen LogP contribution is -2.57. The average molecular weight is 266 g/mol. The molecule has 1 amide bonds. The number of nitrogens with one attached hydrogen (secondary N) is 1. The van der Waals surface area contributed by atoms with Crippen LogP contribution in [0.3, 0.4) is 0 Å². The largest absolute Gasteiger partial charge is 0.411 e. The highest BCUT2D eigenvalue weighted by Gasteiger charge is 2.42. The predicted molar refractivity (Wildman–Crippen MR) is 70.3 cm³/mol. The number of hydrogen-bond donors (Lipinski definition) is 3. The average Bonchev–Trinajstić information content (AvgIpc) is 2.83. The minimum Gasteiger partial charge on any atom is -0.411 e. The first-order chi connectivity index (χ1) is 8.72. The first kappa shape index (κ1) is 12.9. The molecule has 1 atom stereocenters. The molecule has 0 saturated carbocycles. The number of amides is 1. The summed E-state index contributed by atoms with van der Waals surface area (Å²) in [5.41, 5.74) is -0.0365. The number of rotatable bonds is 3. The molecule has 1 aliphatic heterocycles. The van der Waals surface area contributed by atoms with Gasteiger partial charge in [-0.25, -0.2) is 0 Å². The summed E-state index contributed by atoms with van der Waals surface area (Å²) < 4.78 is 0. The highest BCUT2D eigenvalue weighted by molar-refractivity contribution is 8.00. The Balaban J connectivity index is 2.19. The molecule has 1 saturated heterocycles. The molecule has 1 fully saturated rings. The van der Waals surface area contributed by atoms with Gasteiger partial charge in [0.2, 0.25) is 0 Å². The van der Waals surface area contributed by atoms with Crippen molar-refractivity contribution in [3.63, 3.8) is 0 Å². The molecule has 0 spiro atoms. The van der Waals surface area contributed by atoms with Gasteiger partial charge in [0, 0.05) is 17.1 Å². The van der Waals surface area contributed by atoms with Gasteiger partial charge in [-0.2, -0.15) is 11.8 Å². The number of hydrogen-bond acceptors (Lipinski definition) is 5. The van der Waals surface area contributed by atoms with Gasteiger partial charge in [0.15, 0.2) is 0 Å². The van der Waals surface area contributed by atoms with E-state index < -0.39 is 5.54 Å². The standard InChI is InChI=1S/C12H14N2O3S/c15-7-12(8-18-6-10(12)14-17)13-11(16)9-4-2-1-3-5-9/h1-5,15,17H,6-8H2,(H,13,16)/b14-10+. The normalized spacial score (nSPS) is 25.3. The molecule has 96 valence electrons. The van der Waals surface area contributed by atoms with Crippen molar-refractivity contribution in [2.24, 2.45) is 5.16 Å². The van der Waals surface area contributed by atoms with Crippen LogP contribution in [0.15, 0.2) is 35.5 Å². The SMILES string of the molecule is O=C(NC1(CO)CSC/C1=N\O)c1ccccc1. The van der Waals surface area contributed by atoms with Gasteiger partial charge in [0.25, 0.3) is 5.91 Å². The summed E-state index contributed by atoms with van der Waals surface area (Å²) in [7, 11) is 0. The number of oxime groups is 1. The molecule has 0 aromatic heterocycles. The Bertz CT molecular complexity index is 464. The van der Waals surface area contributed by atoms with Gasteiger partial charge < -0.3 is 15.6 Å². The third kappa shape index (κ3) is 2.34. The van der Waals surface area contributed by atoms with E-state index in [9.17, 15) is 9.90 Å². The topological polar surface area (TPSA) is 81.9 Å². The third-order valence-electron chi connectivity index (χ3n) is 2.92. The second-order valence-corrected chi connectivity index (χ2v) is 5.09. The second-order valence-electron chi connectivity index (χ2n) is 4.10. The van der Waals surface area contributed by atoms with Crippen LogP contribution >= 0.6 is 11.8 Å². The van der Waals surface area contributed by atoms with Gasteiger partial charge in [0.05, 0.1) is 12.3 Å². The van der Waals surface area contributed by atoms with E-state index in [0.29, 0.717) is 22.8 Å². The van der Waals surface area contributed by atoms with Gasteiger partial charge in [-0.1, -0.05) is 23.4 Å². The van der Waals surface area contributed by atoms with Gasteiger partial charge >= 0.3 is 0 Å². The third-order valence-corrected chi connectivity index (χ3v) is 4.09. The van der Waals surface area contributed by atoms with Crippen LogP contribution < -0.4 is 5.32 Å². The van der Waals surface area contributed by atoms with Gasteiger partial charge in [-0.05, 0) is 12.1 Å². The van der Waals surface area contributed by atoms with Crippen LogP contribution in [0, 0.1) is 0 Å². The number of aliphatic hydroxyl groups is 1. The van der Waals surface area contributed by atoms with E-state index in [1.807, 2.05) is 6.07 Å². The lowest BCUT2D eigenvalue weighted by Gasteiger charge is -2.27. The van der Waals surface area contributed by atoms with Crippen molar-refractivity contribution in [3.05, 3.63) is 35.9 Å². The lowest BCUT2D eigenvalue weighted by molar-refractivity contribution is 0.0901. The highest BCUT2D eigenvalue weighted by atomic mass is 32.2. The number of carbonyl (C=O) groups is 1. The molecule has 1 aromatic carbocycles. The summed E-state index contributed by atoms with van der Waals surface area (Å²) in [6, 6.07) is 8.75. The minimum atomic E-state index is -0.952. The molecular formula is C12H14N2O3S. The summed E-state index contributed by atoms with van der Waals surface area (Å²) >= 11 is 1.51. The Labute approximate surface area is 109 Å². The molecule has 5 nitrogen and oxygen atoms in total. The monoisotopic (exact) mass is 266 g/mol. The van der Waals surface area contributed by atoms with Crippen molar-refractivity contribution in [2.45, 2.75) is 5.54 Å². The maximum atomic E-state index is 12.1. The zero-order chi connectivity index (χ0) is 13.0. The van der Waals surface area contributed by atoms with Crippen molar-refractivity contribution in [1.82, 2.24) is 5.32 Å². The van der Waals surface area contributed by atoms with E-state index in [-0.39, 0.29) is 12.5 Å². The highest BCUT2D eigenvalue weighted by Crippen LogP contribution is 2.26. The van der Waals surface area contributed by atoms with Crippen LogP contribution in [0.4, 0.5) is 0 Å². The van der Waals surface area contributed by atoms with Gasteiger partial charge in [-0.15, -0.1) is 0 Å². The summed E-state index contributed by atoms with van der Waals surface area (Å²) in [6.07, 6.45) is 0. The Kier molecular flexibility index (Phi) is 3.88. The number of nitrogens with zero attached hydrogens (tertiary/aromatic N) is 1. The van der Waals surface area contributed by atoms with Gasteiger partial charge in [-0.3, -0.25) is 4.79 Å². The van der Waals surface area contributed by atoms with Crippen LogP contribution in [0.25, 0.3) is 0 Å². The van der Waals surface area contributed by atoms with E-state index in [1.165, 1.54) is 11.8 Å². The van der Waals surface area contributed by atoms with Crippen molar-refractivity contribution in [2.75, 3.05) is 18.1 Å². The summed E-state index contributed by atoms with van der Waals surface area (Å²) in [5.74, 6) is 0.724. The molecule has 0 radical (unpaired) electrons. The van der Waals surface area contributed by atoms with E-state index >= 15 is 0 Å². The number of benzene rings is 1. The molecular weight excluding hydrogens is 252 g/mol. The van der Waals surface area contributed by atoms with Crippen LogP contribution in [-0.2, 0) is 0 Å². The number of aliphatic hydroxyl groups excluding tert-OH is 1. The van der Waals surface area contributed by atoms with Gasteiger partial charge in [0.1, 0.15) is 5.54 Å². The van der Waals surface area contributed by atoms with E-state index in [4.69, 9.17) is 5.21 Å². The fraction of sp³-hybridized carbons (Fsp3) is 0.333. The summed E-state index contributed by atoms with van der Waals surface area (Å²) in [4.78, 5) is 12.1.